The molecule has 5 nitrogen and oxygen atoms in total. The normalized spacial score (nSPS) is 17.8. The predicted octanol–water partition coefficient (Wildman–Crippen LogP) is 6.18. The fraction of sp³-hybridized carbons (Fsp3) is 0.214. The highest BCUT2D eigenvalue weighted by Crippen LogP contribution is 2.42. The Bertz CT molecular complexity index is 1270. The third kappa shape index (κ3) is 4.05. The summed E-state index contributed by atoms with van der Waals surface area (Å²) >= 11 is 5.89. The molecule has 0 bridgehead atoms. The number of hydrogen-bond acceptors (Lipinski definition) is 3. The first-order chi connectivity index (χ1) is 16.6. The average molecular weight is 469 g/mol. The first kappa shape index (κ1) is 22.2. The second-order valence-electron chi connectivity index (χ2n) is 8.74. The molecule has 1 aliphatic heterocycles. The summed E-state index contributed by atoms with van der Waals surface area (Å²) in [6.45, 7) is 4.41. The van der Waals surface area contributed by atoms with Gasteiger partial charge >= 0.3 is 0 Å². The highest BCUT2D eigenvalue weighted by molar-refractivity contribution is 7.80. The van der Waals surface area contributed by atoms with Crippen LogP contribution in [-0.2, 0) is 0 Å². The molecule has 2 aromatic heterocycles. The van der Waals surface area contributed by atoms with Crippen molar-refractivity contribution in [2.45, 2.75) is 31.8 Å². The van der Waals surface area contributed by atoms with Gasteiger partial charge in [0.1, 0.15) is 11.8 Å². The summed E-state index contributed by atoms with van der Waals surface area (Å²) in [5, 5.41) is 4.25. The van der Waals surface area contributed by atoms with Gasteiger partial charge < -0.3 is 19.5 Å². The summed E-state index contributed by atoms with van der Waals surface area (Å²) < 4.78 is 7.57. The molecular formula is C28H28N4OS. The minimum absolute atomic E-state index is 0.0793. The average Bonchev–Trinajstić information content (AvgIpc) is 3.49. The summed E-state index contributed by atoms with van der Waals surface area (Å²) in [5.74, 6) is 1.31. The van der Waals surface area contributed by atoms with E-state index in [1.165, 1.54) is 5.56 Å². The molecule has 0 unspecified atom stereocenters. The molecule has 0 aliphatic carbocycles. The van der Waals surface area contributed by atoms with E-state index < -0.39 is 0 Å². The number of ether oxygens (including phenoxy) is 1. The highest BCUT2D eigenvalue weighted by atomic mass is 32.1. The van der Waals surface area contributed by atoms with Crippen molar-refractivity contribution in [3.63, 3.8) is 0 Å². The smallest absolute Gasteiger partial charge is 0.174 e. The fourth-order valence-electron chi connectivity index (χ4n) is 4.57. The number of pyridine rings is 1. The molecule has 6 heteroatoms. The van der Waals surface area contributed by atoms with Gasteiger partial charge in [-0.3, -0.25) is 4.98 Å². The molecule has 5 rings (SSSR count). The van der Waals surface area contributed by atoms with Crippen molar-refractivity contribution in [1.82, 2.24) is 14.9 Å². The molecule has 0 radical (unpaired) electrons. The van der Waals surface area contributed by atoms with E-state index in [2.05, 4.69) is 94.4 Å². The van der Waals surface area contributed by atoms with E-state index in [-0.39, 0.29) is 12.1 Å². The molecule has 0 spiro atoms. The third-order valence-corrected chi connectivity index (χ3v) is 6.68. The molecule has 34 heavy (non-hydrogen) atoms. The number of aromatic nitrogens is 2. The number of hydrogen-bond donors (Lipinski definition) is 1. The van der Waals surface area contributed by atoms with Crippen molar-refractivity contribution in [2.24, 2.45) is 0 Å². The monoisotopic (exact) mass is 468 g/mol. The molecular weight excluding hydrogens is 440 g/mol. The van der Waals surface area contributed by atoms with Crippen LogP contribution in [0.3, 0.4) is 0 Å². The molecule has 1 N–H and O–H groups in total. The molecule has 172 valence electrons. The SMILES string of the molecule is COc1ccc(-n2cccc2[C@@H]2[C@@H](c3ccccn3)NC(=S)N2c2ccc(C(C)C)cc2)cc1. The standard InChI is InChI=1S/C28H28N4OS/c1-19(2)20-9-11-22(12-10-20)32-27(26(30-28(32)34)24-7-4-5-17-29-24)25-8-6-18-31(25)21-13-15-23(33-3)16-14-21/h4-19,26-27H,1-3H3,(H,30,34)/t26-,27-/m1/s1. The van der Waals surface area contributed by atoms with Gasteiger partial charge in [0, 0.05) is 29.5 Å². The predicted molar refractivity (Wildman–Crippen MR) is 141 cm³/mol. The Hall–Kier alpha value is -3.64. The van der Waals surface area contributed by atoms with Gasteiger partial charge in [-0.05, 0) is 84.4 Å². The van der Waals surface area contributed by atoms with Gasteiger partial charge in [-0.25, -0.2) is 0 Å². The van der Waals surface area contributed by atoms with Crippen molar-refractivity contribution in [3.05, 3.63) is 108 Å². The second kappa shape index (κ2) is 9.31. The molecule has 0 amide bonds. The first-order valence-corrected chi connectivity index (χ1v) is 11.9. The van der Waals surface area contributed by atoms with Crippen LogP contribution in [0.4, 0.5) is 5.69 Å². The zero-order valence-corrected chi connectivity index (χ0v) is 20.4. The van der Waals surface area contributed by atoms with Crippen molar-refractivity contribution in [3.8, 4) is 11.4 Å². The van der Waals surface area contributed by atoms with E-state index in [1.807, 2.05) is 30.5 Å². The Morgan fingerprint density at radius 3 is 2.29 bits per heavy atom. The lowest BCUT2D eigenvalue weighted by Crippen LogP contribution is -2.30. The van der Waals surface area contributed by atoms with Gasteiger partial charge in [-0.2, -0.15) is 0 Å². The second-order valence-corrected chi connectivity index (χ2v) is 9.13. The highest BCUT2D eigenvalue weighted by Gasteiger charge is 2.42. The maximum Gasteiger partial charge on any atom is 0.174 e. The summed E-state index contributed by atoms with van der Waals surface area (Å²) in [6.07, 6.45) is 3.92. The van der Waals surface area contributed by atoms with Crippen molar-refractivity contribution in [2.75, 3.05) is 12.0 Å². The molecule has 2 aromatic carbocycles. The summed E-state index contributed by atoms with van der Waals surface area (Å²) in [4.78, 5) is 6.89. The topological polar surface area (TPSA) is 42.3 Å². The molecule has 2 atom stereocenters. The van der Waals surface area contributed by atoms with Crippen molar-refractivity contribution < 1.29 is 4.74 Å². The van der Waals surface area contributed by atoms with Crippen LogP contribution < -0.4 is 15.0 Å². The number of methoxy groups -OCH3 is 1. The molecule has 1 fully saturated rings. The Morgan fingerprint density at radius 1 is 0.912 bits per heavy atom. The van der Waals surface area contributed by atoms with Gasteiger partial charge in [-0.15, -0.1) is 0 Å². The lowest BCUT2D eigenvalue weighted by molar-refractivity contribution is 0.414. The van der Waals surface area contributed by atoms with E-state index in [1.54, 1.807) is 7.11 Å². The van der Waals surface area contributed by atoms with Crippen LogP contribution in [0, 0.1) is 0 Å². The number of anilines is 1. The lowest BCUT2D eigenvalue weighted by Gasteiger charge is -2.29. The zero-order chi connectivity index (χ0) is 23.7. The summed E-state index contributed by atoms with van der Waals surface area (Å²) in [5.41, 5.74) is 5.52. The van der Waals surface area contributed by atoms with Crippen LogP contribution in [0.5, 0.6) is 5.75 Å². The van der Waals surface area contributed by atoms with E-state index in [0.717, 1.165) is 28.5 Å². The summed E-state index contributed by atoms with van der Waals surface area (Å²) in [7, 11) is 1.68. The Kier molecular flexibility index (Phi) is 6.07. The van der Waals surface area contributed by atoms with Crippen molar-refractivity contribution >= 4 is 23.0 Å². The van der Waals surface area contributed by atoms with Gasteiger partial charge in [-0.1, -0.05) is 32.0 Å². The first-order valence-electron chi connectivity index (χ1n) is 11.5. The van der Waals surface area contributed by atoms with Crippen LogP contribution in [0.15, 0.2) is 91.3 Å². The number of thiocarbonyl (C=S) groups is 1. The minimum atomic E-state index is -0.0922. The summed E-state index contributed by atoms with van der Waals surface area (Å²) in [6, 6.07) is 26.9. The number of nitrogens with one attached hydrogen (secondary N) is 1. The maximum absolute atomic E-state index is 5.89. The largest absolute Gasteiger partial charge is 0.497 e. The van der Waals surface area contributed by atoms with Crippen LogP contribution >= 0.6 is 12.2 Å². The molecule has 4 aromatic rings. The van der Waals surface area contributed by atoms with Crippen LogP contribution in [0.25, 0.3) is 5.69 Å². The maximum atomic E-state index is 5.89. The van der Waals surface area contributed by atoms with E-state index in [4.69, 9.17) is 17.0 Å². The van der Waals surface area contributed by atoms with E-state index in [9.17, 15) is 0 Å². The molecule has 3 heterocycles. The van der Waals surface area contributed by atoms with E-state index in [0.29, 0.717) is 11.0 Å². The molecule has 0 saturated carbocycles. The van der Waals surface area contributed by atoms with Crippen LogP contribution in [0.1, 0.15) is 48.8 Å². The van der Waals surface area contributed by atoms with Crippen LogP contribution in [-0.4, -0.2) is 21.8 Å². The van der Waals surface area contributed by atoms with Gasteiger partial charge in [0.2, 0.25) is 0 Å². The van der Waals surface area contributed by atoms with E-state index >= 15 is 0 Å². The molecule has 1 aliphatic rings. The van der Waals surface area contributed by atoms with Crippen molar-refractivity contribution in [1.29, 1.82) is 0 Å². The van der Waals surface area contributed by atoms with Gasteiger partial charge in [0.25, 0.3) is 0 Å². The van der Waals surface area contributed by atoms with Crippen LogP contribution in [0.2, 0.25) is 0 Å². The Labute approximate surface area is 206 Å². The Morgan fingerprint density at radius 2 is 1.65 bits per heavy atom. The Balaban J connectivity index is 1.62. The van der Waals surface area contributed by atoms with Gasteiger partial charge in [0.15, 0.2) is 5.11 Å². The minimum Gasteiger partial charge on any atom is -0.497 e. The lowest BCUT2D eigenvalue weighted by atomic mass is 9.99. The number of nitrogens with zero attached hydrogens (tertiary/aromatic N) is 3. The number of rotatable bonds is 6. The third-order valence-electron chi connectivity index (χ3n) is 6.37. The van der Waals surface area contributed by atoms with Gasteiger partial charge in [0.05, 0.1) is 18.8 Å². The number of benzene rings is 2. The fourth-order valence-corrected chi connectivity index (χ4v) is 4.91. The molecule has 1 saturated heterocycles. The quantitative estimate of drug-likeness (QED) is 0.342. The zero-order valence-electron chi connectivity index (χ0n) is 19.6.